The van der Waals surface area contributed by atoms with Crippen LogP contribution >= 0.6 is 11.8 Å². The van der Waals surface area contributed by atoms with Crippen molar-refractivity contribution in [1.29, 1.82) is 0 Å². The predicted octanol–water partition coefficient (Wildman–Crippen LogP) is 0.773. The molecule has 0 atom stereocenters. The van der Waals surface area contributed by atoms with E-state index >= 15 is 0 Å². The van der Waals surface area contributed by atoms with Gasteiger partial charge in [-0.25, -0.2) is 4.98 Å². The van der Waals surface area contributed by atoms with E-state index in [0.717, 1.165) is 22.7 Å². The first-order valence-electron chi connectivity index (χ1n) is 5.99. The van der Waals surface area contributed by atoms with Crippen molar-refractivity contribution in [2.45, 2.75) is 30.5 Å². The van der Waals surface area contributed by atoms with Crippen LogP contribution < -0.4 is 11.3 Å². The Morgan fingerprint density at radius 2 is 2.21 bits per heavy atom. The van der Waals surface area contributed by atoms with E-state index in [9.17, 15) is 4.79 Å². The summed E-state index contributed by atoms with van der Waals surface area (Å²) in [6.07, 6.45) is 0.762. The Labute approximate surface area is 115 Å². The van der Waals surface area contributed by atoms with Gasteiger partial charge in [-0.2, -0.15) is 5.10 Å². The third kappa shape index (κ3) is 3.05. The molecule has 2 heterocycles. The van der Waals surface area contributed by atoms with Crippen molar-refractivity contribution in [2.75, 3.05) is 6.54 Å². The highest BCUT2D eigenvalue weighted by Crippen LogP contribution is 2.29. The van der Waals surface area contributed by atoms with Crippen LogP contribution in [0.5, 0.6) is 0 Å². The molecule has 6 nitrogen and oxygen atoms in total. The second kappa shape index (κ2) is 5.58. The van der Waals surface area contributed by atoms with E-state index in [1.807, 2.05) is 14.0 Å². The van der Waals surface area contributed by atoms with E-state index in [4.69, 9.17) is 5.73 Å². The molecule has 0 aliphatic carbocycles. The van der Waals surface area contributed by atoms with Gasteiger partial charge < -0.3 is 10.7 Å². The summed E-state index contributed by atoms with van der Waals surface area (Å²) in [4.78, 5) is 18.5. The smallest absolute Gasteiger partial charge is 0.251 e. The summed E-state index contributed by atoms with van der Waals surface area (Å²) >= 11 is 1.41. The minimum Gasteiger partial charge on any atom is -0.330 e. The zero-order valence-electron chi connectivity index (χ0n) is 11.2. The highest BCUT2D eigenvalue weighted by Gasteiger charge is 2.15. The Kier molecular flexibility index (Phi) is 4.06. The number of hydrogen-bond donors (Lipinski definition) is 2. The van der Waals surface area contributed by atoms with Gasteiger partial charge in [0.1, 0.15) is 5.03 Å². The van der Waals surface area contributed by atoms with Crippen LogP contribution in [0.25, 0.3) is 0 Å². The summed E-state index contributed by atoms with van der Waals surface area (Å²) in [5.74, 6) is 0. The van der Waals surface area contributed by atoms with Crippen molar-refractivity contribution in [1.82, 2.24) is 19.7 Å². The molecule has 102 valence electrons. The van der Waals surface area contributed by atoms with Gasteiger partial charge in [-0.1, -0.05) is 0 Å². The molecule has 7 heteroatoms. The molecule has 0 saturated carbocycles. The third-order valence-corrected chi connectivity index (χ3v) is 3.82. The molecule has 0 amide bonds. The molecule has 0 spiro atoms. The van der Waals surface area contributed by atoms with Gasteiger partial charge in [-0.05, 0) is 38.6 Å². The van der Waals surface area contributed by atoms with Crippen LogP contribution in [-0.4, -0.2) is 26.3 Å². The fourth-order valence-electron chi connectivity index (χ4n) is 1.93. The normalized spacial score (nSPS) is 10.9. The van der Waals surface area contributed by atoms with E-state index in [-0.39, 0.29) is 5.56 Å². The first-order valence-corrected chi connectivity index (χ1v) is 6.81. The van der Waals surface area contributed by atoms with Crippen LogP contribution in [0.15, 0.2) is 21.0 Å². The fraction of sp³-hybridized carbons (Fsp3) is 0.417. The third-order valence-electron chi connectivity index (χ3n) is 2.72. The number of nitrogens with two attached hydrogens (primary N) is 1. The maximum Gasteiger partial charge on any atom is 0.251 e. The monoisotopic (exact) mass is 279 g/mol. The zero-order chi connectivity index (χ0) is 14.0. The quantitative estimate of drug-likeness (QED) is 0.807. The lowest BCUT2D eigenvalue weighted by molar-refractivity contribution is 0.686. The van der Waals surface area contributed by atoms with Crippen LogP contribution in [0.3, 0.4) is 0 Å². The van der Waals surface area contributed by atoms with Crippen LogP contribution in [-0.2, 0) is 13.5 Å². The number of aromatic amines is 1. The fourth-order valence-corrected chi connectivity index (χ4v) is 3.00. The summed E-state index contributed by atoms with van der Waals surface area (Å²) in [5, 5.41) is 5.94. The van der Waals surface area contributed by atoms with Crippen molar-refractivity contribution in [3.05, 3.63) is 33.4 Å². The zero-order valence-corrected chi connectivity index (χ0v) is 12.0. The van der Waals surface area contributed by atoms with Crippen molar-refractivity contribution in [3.8, 4) is 0 Å². The van der Waals surface area contributed by atoms with Crippen molar-refractivity contribution < 1.29 is 0 Å². The Balaban J connectivity index is 2.39. The number of aromatic nitrogens is 4. The summed E-state index contributed by atoms with van der Waals surface area (Å²) in [7, 11) is 1.88. The lowest BCUT2D eigenvalue weighted by atomic mass is 10.2. The van der Waals surface area contributed by atoms with E-state index in [2.05, 4.69) is 15.1 Å². The number of H-pyrrole nitrogens is 1. The second-order valence-electron chi connectivity index (χ2n) is 4.33. The minimum atomic E-state index is -0.144. The number of nitrogens with zero attached hydrogens (tertiary/aromatic N) is 3. The molecule has 0 aliphatic rings. The van der Waals surface area contributed by atoms with Gasteiger partial charge in [-0.3, -0.25) is 9.48 Å². The summed E-state index contributed by atoms with van der Waals surface area (Å²) in [5.41, 5.74) is 8.26. The average molecular weight is 279 g/mol. The van der Waals surface area contributed by atoms with Crippen molar-refractivity contribution >= 4 is 11.8 Å². The van der Waals surface area contributed by atoms with Crippen LogP contribution in [0, 0.1) is 13.8 Å². The lowest BCUT2D eigenvalue weighted by Gasteiger charge is -2.05. The van der Waals surface area contributed by atoms with E-state index in [1.54, 1.807) is 11.6 Å². The van der Waals surface area contributed by atoms with Crippen molar-refractivity contribution in [3.63, 3.8) is 0 Å². The maximum atomic E-state index is 11.5. The van der Waals surface area contributed by atoms with Crippen LogP contribution in [0.2, 0.25) is 0 Å². The highest BCUT2D eigenvalue weighted by molar-refractivity contribution is 7.99. The van der Waals surface area contributed by atoms with Crippen LogP contribution in [0.4, 0.5) is 0 Å². The Morgan fingerprint density at radius 1 is 1.47 bits per heavy atom. The Bertz CT molecular complexity index is 646. The van der Waals surface area contributed by atoms with E-state index < -0.39 is 0 Å². The number of nitrogens with one attached hydrogen (secondary N) is 1. The van der Waals surface area contributed by atoms with Gasteiger partial charge in [0, 0.05) is 24.4 Å². The van der Waals surface area contributed by atoms with Gasteiger partial charge in [0.05, 0.1) is 5.69 Å². The van der Waals surface area contributed by atoms with Gasteiger partial charge in [0.2, 0.25) is 0 Å². The molecule has 0 aliphatic heterocycles. The van der Waals surface area contributed by atoms with Gasteiger partial charge >= 0.3 is 0 Å². The van der Waals surface area contributed by atoms with Gasteiger partial charge in [0.25, 0.3) is 5.56 Å². The van der Waals surface area contributed by atoms with Crippen molar-refractivity contribution in [2.24, 2.45) is 12.8 Å². The molecule has 3 N–H and O–H groups in total. The molecule has 0 saturated heterocycles. The lowest BCUT2D eigenvalue weighted by Crippen LogP contribution is -2.09. The SMILES string of the molecule is Cc1cc(=O)[nH]c(Sc2c(CCN)c(C)nn2C)n1. The molecule has 0 fully saturated rings. The average Bonchev–Trinajstić information content (AvgIpc) is 2.55. The second-order valence-corrected chi connectivity index (χ2v) is 5.30. The number of rotatable bonds is 4. The highest BCUT2D eigenvalue weighted by atomic mass is 32.2. The maximum absolute atomic E-state index is 11.5. The Morgan fingerprint density at radius 3 is 2.84 bits per heavy atom. The largest absolute Gasteiger partial charge is 0.330 e. The topological polar surface area (TPSA) is 89.6 Å². The molecule has 0 bridgehead atoms. The molecular formula is C12H17N5OS. The summed E-state index contributed by atoms with van der Waals surface area (Å²) < 4.78 is 1.80. The van der Waals surface area contributed by atoms with Crippen LogP contribution in [0.1, 0.15) is 17.0 Å². The molecule has 2 rings (SSSR count). The molecular weight excluding hydrogens is 262 g/mol. The summed E-state index contributed by atoms with van der Waals surface area (Å²) in [6, 6.07) is 1.47. The Hall–Kier alpha value is -1.60. The molecule has 19 heavy (non-hydrogen) atoms. The van der Waals surface area contributed by atoms with Gasteiger partial charge in [-0.15, -0.1) is 0 Å². The number of aryl methyl sites for hydroxylation is 3. The van der Waals surface area contributed by atoms with Gasteiger partial charge in [0.15, 0.2) is 5.16 Å². The first kappa shape index (κ1) is 13.8. The molecule has 0 radical (unpaired) electrons. The predicted molar refractivity (Wildman–Crippen MR) is 74.4 cm³/mol. The minimum absolute atomic E-state index is 0.144. The van der Waals surface area contributed by atoms with E-state index in [0.29, 0.717) is 17.4 Å². The van der Waals surface area contributed by atoms with E-state index in [1.165, 1.54) is 17.8 Å². The standard InChI is InChI=1S/C12H17N5OS/c1-7-6-10(18)15-12(14-7)19-11-9(4-5-13)8(2)16-17(11)3/h6H,4-5,13H2,1-3H3,(H,14,15,18). The molecule has 2 aromatic rings. The molecule has 0 unspecified atom stereocenters. The molecule has 0 aromatic carbocycles. The first-order chi connectivity index (χ1) is 9.01. The number of hydrogen-bond acceptors (Lipinski definition) is 5. The summed E-state index contributed by atoms with van der Waals surface area (Å²) in [6.45, 7) is 4.33. The molecule has 2 aromatic heterocycles.